The van der Waals surface area contributed by atoms with Crippen molar-refractivity contribution in [2.75, 3.05) is 5.32 Å². The molecule has 0 radical (unpaired) electrons. The summed E-state index contributed by atoms with van der Waals surface area (Å²) in [5.74, 6) is 0.290. The summed E-state index contributed by atoms with van der Waals surface area (Å²) in [5.41, 5.74) is 0.300. The number of nitro groups is 1. The van der Waals surface area contributed by atoms with Crippen molar-refractivity contribution < 1.29 is 14.5 Å². The van der Waals surface area contributed by atoms with Gasteiger partial charge in [0.25, 0.3) is 11.6 Å². The molecule has 0 unspecified atom stereocenters. The van der Waals surface area contributed by atoms with Gasteiger partial charge in [-0.3, -0.25) is 14.9 Å². The molecule has 7 heteroatoms. The van der Waals surface area contributed by atoms with Crippen LogP contribution in [-0.4, -0.2) is 10.8 Å². The molecule has 0 aliphatic rings. The van der Waals surface area contributed by atoms with Crippen LogP contribution in [0, 0.1) is 10.1 Å². The molecule has 0 atom stereocenters. The van der Waals surface area contributed by atoms with Crippen LogP contribution < -0.4 is 10.1 Å². The first-order valence-electron chi connectivity index (χ1n) is 7.61. The van der Waals surface area contributed by atoms with Crippen molar-refractivity contribution >= 4 is 28.9 Å². The zero-order valence-electron chi connectivity index (χ0n) is 13.4. The van der Waals surface area contributed by atoms with Crippen molar-refractivity contribution in [2.45, 2.75) is 0 Å². The lowest BCUT2D eigenvalue weighted by molar-refractivity contribution is -0.384. The number of carbonyl (C=O) groups excluding carboxylic acids is 1. The molecule has 1 N–H and O–H groups in total. The molecule has 0 aromatic heterocycles. The van der Waals surface area contributed by atoms with E-state index in [0.717, 1.165) is 0 Å². The number of nitrogens with one attached hydrogen (secondary N) is 1. The highest BCUT2D eigenvalue weighted by molar-refractivity contribution is 6.34. The van der Waals surface area contributed by atoms with Crippen LogP contribution >= 0.6 is 11.6 Å². The Bertz CT molecular complexity index is 961. The number of rotatable bonds is 5. The van der Waals surface area contributed by atoms with Crippen molar-refractivity contribution in [1.82, 2.24) is 0 Å². The average Bonchev–Trinajstić information content (AvgIpc) is 2.62. The molecule has 0 saturated heterocycles. The zero-order valence-corrected chi connectivity index (χ0v) is 14.1. The summed E-state index contributed by atoms with van der Waals surface area (Å²) in [6.45, 7) is 0. The van der Waals surface area contributed by atoms with Crippen LogP contribution in [0.15, 0.2) is 72.8 Å². The highest BCUT2D eigenvalue weighted by atomic mass is 35.5. The van der Waals surface area contributed by atoms with Crippen LogP contribution in [-0.2, 0) is 0 Å². The molecule has 0 saturated carbocycles. The number of nitro benzene ring substituents is 1. The number of ether oxygens (including phenoxy) is 1. The molecule has 130 valence electrons. The van der Waals surface area contributed by atoms with Crippen LogP contribution in [0.4, 0.5) is 11.4 Å². The van der Waals surface area contributed by atoms with Gasteiger partial charge in [-0.1, -0.05) is 41.9 Å². The first-order valence-corrected chi connectivity index (χ1v) is 7.99. The molecule has 3 aromatic rings. The van der Waals surface area contributed by atoms with Gasteiger partial charge in [0.15, 0.2) is 0 Å². The van der Waals surface area contributed by atoms with Crippen LogP contribution in [0.1, 0.15) is 10.4 Å². The molecular weight excluding hydrogens is 356 g/mol. The average molecular weight is 369 g/mol. The molecule has 0 bridgehead atoms. The summed E-state index contributed by atoms with van der Waals surface area (Å²) in [5, 5.41) is 14.1. The third-order valence-corrected chi connectivity index (χ3v) is 3.79. The van der Waals surface area contributed by atoms with Gasteiger partial charge in [0, 0.05) is 12.1 Å². The fourth-order valence-electron chi connectivity index (χ4n) is 2.29. The van der Waals surface area contributed by atoms with Gasteiger partial charge in [-0.25, -0.2) is 0 Å². The molecule has 0 aliphatic carbocycles. The number of halogens is 1. The van der Waals surface area contributed by atoms with Crippen LogP contribution in [0.25, 0.3) is 0 Å². The van der Waals surface area contributed by atoms with Crippen LogP contribution in [0.2, 0.25) is 5.02 Å². The Morgan fingerprint density at radius 3 is 2.35 bits per heavy atom. The lowest BCUT2D eigenvalue weighted by Crippen LogP contribution is -2.12. The normalized spacial score (nSPS) is 10.2. The van der Waals surface area contributed by atoms with E-state index in [2.05, 4.69) is 5.32 Å². The Morgan fingerprint density at radius 2 is 1.65 bits per heavy atom. The van der Waals surface area contributed by atoms with E-state index in [-0.39, 0.29) is 27.7 Å². The Labute approximate surface area is 154 Å². The van der Waals surface area contributed by atoms with E-state index in [1.165, 1.54) is 18.2 Å². The molecule has 26 heavy (non-hydrogen) atoms. The highest BCUT2D eigenvalue weighted by Gasteiger charge is 2.15. The lowest BCUT2D eigenvalue weighted by atomic mass is 10.2. The summed E-state index contributed by atoms with van der Waals surface area (Å²) in [6.07, 6.45) is 0. The van der Waals surface area contributed by atoms with Crippen molar-refractivity contribution in [1.29, 1.82) is 0 Å². The topological polar surface area (TPSA) is 81.5 Å². The fourth-order valence-corrected chi connectivity index (χ4v) is 2.51. The minimum Gasteiger partial charge on any atom is -0.457 e. The van der Waals surface area contributed by atoms with Gasteiger partial charge in [0.1, 0.15) is 11.5 Å². The van der Waals surface area contributed by atoms with E-state index in [4.69, 9.17) is 16.3 Å². The molecule has 6 nitrogen and oxygen atoms in total. The standard InChI is InChI=1S/C19H13ClN2O4/c20-18-9-5-4-8-17(18)19(23)21-13-10-14(22(24)25)12-16(11-13)26-15-6-2-1-3-7-15/h1-12H,(H,21,23). The Kier molecular flexibility index (Phi) is 5.15. The predicted octanol–water partition coefficient (Wildman–Crippen LogP) is 5.29. The summed E-state index contributed by atoms with van der Waals surface area (Å²) >= 11 is 6.01. The molecule has 0 heterocycles. The number of non-ortho nitro benzene ring substituents is 1. The molecular formula is C19H13ClN2O4. The van der Waals surface area contributed by atoms with Gasteiger partial charge in [-0.2, -0.15) is 0 Å². The Hall–Kier alpha value is -3.38. The van der Waals surface area contributed by atoms with Gasteiger partial charge in [-0.05, 0) is 24.3 Å². The number of amides is 1. The number of para-hydroxylation sites is 1. The maximum absolute atomic E-state index is 12.4. The molecule has 3 rings (SSSR count). The number of hydrogen-bond donors (Lipinski definition) is 1. The summed E-state index contributed by atoms with van der Waals surface area (Å²) in [4.78, 5) is 23.0. The van der Waals surface area contributed by atoms with E-state index in [9.17, 15) is 14.9 Å². The third-order valence-electron chi connectivity index (χ3n) is 3.46. The van der Waals surface area contributed by atoms with E-state index >= 15 is 0 Å². The summed E-state index contributed by atoms with van der Waals surface area (Å²) in [6, 6.07) is 19.4. The monoisotopic (exact) mass is 368 g/mol. The molecule has 1 amide bonds. The largest absolute Gasteiger partial charge is 0.457 e. The second-order valence-electron chi connectivity index (χ2n) is 5.32. The molecule has 3 aromatic carbocycles. The lowest BCUT2D eigenvalue weighted by Gasteiger charge is -2.10. The van der Waals surface area contributed by atoms with E-state index < -0.39 is 10.8 Å². The number of anilines is 1. The predicted molar refractivity (Wildman–Crippen MR) is 99.0 cm³/mol. The zero-order chi connectivity index (χ0) is 18.5. The second-order valence-corrected chi connectivity index (χ2v) is 5.73. The number of carbonyl (C=O) groups is 1. The van der Waals surface area contributed by atoms with Crippen LogP contribution in [0.5, 0.6) is 11.5 Å². The van der Waals surface area contributed by atoms with Crippen molar-refractivity contribution in [3.8, 4) is 11.5 Å². The van der Waals surface area contributed by atoms with Gasteiger partial charge in [-0.15, -0.1) is 0 Å². The van der Waals surface area contributed by atoms with Crippen molar-refractivity contribution in [3.63, 3.8) is 0 Å². The smallest absolute Gasteiger partial charge is 0.275 e. The minimum atomic E-state index is -0.553. The number of nitrogens with zero attached hydrogens (tertiary/aromatic N) is 1. The van der Waals surface area contributed by atoms with E-state index in [0.29, 0.717) is 5.75 Å². The highest BCUT2D eigenvalue weighted by Crippen LogP contribution is 2.30. The van der Waals surface area contributed by atoms with Gasteiger partial charge in [0.05, 0.1) is 27.3 Å². The SMILES string of the molecule is O=C(Nc1cc(Oc2ccccc2)cc([N+](=O)[O-])c1)c1ccccc1Cl. The van der Waals surface area contributed by atoms with E-state index in [1.807, 2.05) is 6.07 Å². The van der Waals surface area contributed by atoms with Crippen molar-refractivity contribution in [2.24, 2.45) is 0 Å². The number of hydrogen-bond acceptors (Lipinski definition) is 4. The Balaban J connectivity index is 1.90. The molecule has 0 spiro atoms. The molecule has 0 aliphatic heterocycles. The summed E-state index contributed by atoms with van der Waals surface area (Å²) in [7, 11) is 0. The Morgan fingerprint density at radius 1 is 0.962 bits per heavy atom. The van der Waals surface area contributed by atoms with Gasteiger partial charge < -0.3 is 10.1 Å². The quantitative estimate of drug-likeness (QED) is 0.489. The second kappa shape index (κ2) is 7.67. The maximum atomic E-state index is 12.4. The maximum Gasteiger partial charge on any atom is 0.275 e. The molecule has 0 fully saturated rings. The van der Waals surface area contributed by atoms with E-state index in [1.54, 1.807) is 48.5 Å². The third kappa shape index (κ3) is 4.17. The minimum absolute atomic E-state index is 0.201. The van der Waals surface area contributed by atoms with Crippen molar-refractivity contribution in [3.05, 3.63) is 93.5 Å². The first kappa shape index (κ1) is 17.4. The first-order chi connectivity index (χ1) is 12.5. The van der Waals surface area contributed by atoms with Gasteiger partial charge in [0.2, 0.25) is 0 Å². The summed E-state index contributed by atoms with van der Waals surface area (Å²) < 4.78 is 5.64. The van der Waals surface area contributed by atoms with Gasteiger partial charge >= 0.3 is 0 Å². The van der Waals surface area contributed by atoms with Crippen LogP contribution in [0.3, 0.4) is 0 Å². The fraction of sp³-hybridized carbons (Fsp3) is 0. The number of benzene rings is 3.